The highest BCUT2D eigenvalue weighted by molar-refractivity contribution is 6.21. The molecule has 0 atom stereocenters. The minimum atomic E-state index is -0.595. The van der Waals surface area contributed by atoms with Gasteiger partial charge in [-0.25, -0.2) is 9.79 Å². The summed E-state index contributed by atoms with van der Waals surface area (Å²) in [7, 11) is 2.86. The van der Waals surface area contributed by atoms with Crippen LogP contribution in [0.25, 0.3) is 6.08 Å². The Bertz CT molecular complexity index is 624. The van der Waals surface area contributed by atoms with E-state index in [1.54, 1.807) is 32.2 Å². The van der Waals surface area contributed by atoms with Crippen molar-refractivity contribution in [3.8, 4) is 5.75 Å². The molecule has 5 heteroatoms. The van der Waals surface area contributed by atoms with E-state index in [-0.39, 0.29) is 11.3 Å². The Hall–Kier alpha value is -2.56. The number of aliphatic hydroxyl groups is 1. The van der Waals surface area contributed by atoms with E-state index in [9.17, 15) is 9.90 Å². The monoisotopic (exact) mass is 273 g/mol. The second kappa shape index (κ2) is 5.61. The van der Waals surface area contributed by atoms with Crippen molar-refractivity contribution in [2.24, 2.45) is 4.99 Å². The molecular formula is C15H15NO4. The molecule has 0 aliphatic carbocycles. The Morgan fingerprint density at radius 3 is 2.45 bits per heavy atom. The van der Waals surface area contributed by atoms with Crippen LogP contribution in [-0.2, 0) is 9.53 Å². The number of carbonyl (C=O) groups excluding carboxylic acids is 1. The molecule has 1 aliphatic heterocycles. The third kappa shape index (κ3) is 2.56. The molecule has 1 aliphatic rings. The predicted molar refractivity (Wildman–Crippen MR) is 75.8 cm³/mol. The second-order valence-electron chi connectivity index (χ2n) is 4.22. The standard InChI is InChI=1S/C15H15NO4/c1-9-13(15(18)20-3)14(17)12(16-9)8-10-4-6-11(19-2)7-5-10/h4-8,17H,1-3H3/b12-8+. The zero-order valence-corrected chi connectivity index (χ0v) is 11.5. The number of ether oxygens (including phenoxy) is 2. The molecule has 0 bridgehead atoms. The molecule has 1 N–H and O–H groups in total. The van der Waals surface area contributed by atoms with E-state index in [1.165, 1.54) is 7.11 Å². The van der Waals surface area contributed by atoms with E-state index in [0.717, 1.165) is 11.3 Å². The summed E-state index contributed by atoms with van der Waals surface area (Å²) >= 11 is 0. The van der Waals surface area contributed by atoms with Crippen LogP contribution in [0, 0.1) is 0 Å². The Labute approximate surface area is 116 Å². The van der Waals surface area contributed by atoms with Crippen LogP contribution in [0.5, 0.6) is 5.75 Å². The highest BCUT2D eigenvalue weighted by Crippen LogP contribution is 2.26. The molecule has 0 unspecified atom stereocenters. The number of aliphatic hydroxyl groups excluding tert-OH is 1. The molecular weight excluding hydrogens is 258 g/mol. The Balaban J connectivity index is 2.36. The normalized spacial score (nSPS) is 16.4. The number of aliphatic imine (C=N–C) groups is 1. The molecule has 20 heavy (non-hydrogen) atoms. The number of carbonyl (C=O) groups is 1. The van der Waals surface area contributed by atoms with E-state index in [1.807, 2.05) is 12.1 Å². The molecule has 2 rings (SSSR count). The third-order valence-electron chi connectivity index (χ3n) is 2.94. The van der Waals surface area contributed by atoms with Gasteiger partial charge in [0.1, 0.15) is 17.0 Å². The molecule has 0 fully saturated rings. The summed E-state index contributed by atoms with van der Waals surface area (Å²) in [5.74, 6) is -0.0136. The van der Waals surface area contributed by atoms with Crippen LogP contribution in [0.2, 0.25) is 0 Å². The van der Waals surface area contributed by atoms with Gasteiger partial charge < -0.3 is 14.6 Å². The van der Waals surface area contributed by atoms with Gasteiger partial charge in [-0.05, 0) is 30.7 Å². The van der Waals surface area contributed by atoms with Gasteiger partial charge in [-0.3, -0.25) is 0 Å². The molecule has 1 aromatic rings. The van der Waals surface area contributed by atoms with Gasteiger partial charge in [0.15, 0.2) is 5.76 Å². The Morgan fingerprint density at radius 1 is 1.25 bits per heavy atom. The van der Waals surface area contributed by atoms with Crippen LogP contribution in [0.4, 0.5) is 0 Å². The van der Waals surface area contributed by atoms with Crippen molar-refractivity contribution in [2.75, 3.05) is 14.2 Å². The zero-order valence-electron chi connectivity index (χ0n) is 11.5. The van der Waals surface area contributed by atoms with Crippen molar-refractivity contribution < 1.29 is 19.4 Å². The van der Waals surface area contributed by atoms with E-state index in [0.29, 0.717) is 11.4 Å². The van der Waals surface area contributed by atoms with Crippen LogP contribution < -0.4 is 4.74 Å². The second-order valence-corrected chi connectivity index (χ2v) is 4.22. The third-order valence-corrected chi connectivity index (χ3v) is 2.94. The van der Waals surface area contributed by atoms with Crippen molar-refractivity contribution in [1.82, 2.24) is 0 Å². The first-order chi connectivity index (χ1) is 9.56. The molecule has 0 saturated carbocycles. The minimum Gasteiger partial charge on any atom is -0.505 e. The van der Waals surface area contributed by atoms with E-state index >= 15 is 0 Å². The summed E-state index contributed by atoms with van der Waals surface area (Å²) in [6, 6.07) is 7.28. The summed E-state index contributed by atoms with van der Waals surface area (Å²) in [6.07, 6.45) is 1.69. The maximum atomic E-state index is 11.6. The molecule has 1 heterocycles. The van der Waals surface area contributed by atoms with Crippen LogP contribution in [0.15, 0.2) is 46.3 Å². The SMILES string of the molecule is COC(=O)C1=C(O)/C(=C\c2ccc(OC)cc2)N=C1C. The lowest BCUT2D eigenvalue weighted by atomic mass is 10.1. The molecule has 104 valence electrons. The molecule has 5 nitrogen and oxygen atoms in total. The van der Waals surface area contributed by atoms with Gasteiger partial charge >= 0.3 is 5.97 Å². The van der Waals surface area contributed by atoms with Crippen molar-refractivity contribution >= 4 is 17.8 Å². The topological polar surface area (TPSA) is 68.1 Å². The lowest BCUT2D eigenvalue weighted by Crippen LogP contribution is -2.11. The summed E-state index contributed by atoms with van der Waals surface area (Å²) in [4.78, 5) is 15.7. The summed E-state index contributed by atoms with van der Waals surface area (Å²) in [5, 5.41) is 10.1. The Morgan fingerprint density at radius 2 is 1.90 bits per heavy atom. The average Bonchev–Trinajstić information content (AvgIpc) is 2.73. The largest absolute Gasteiger partial charge is 0.505 e. The number of nitrogens with zero attached hydrogens (tertiary/aromatic N) is 1. The van der Waals surface area contributed by atoms with Crippen LogP contribution in [-0.4, -0.2) is 31.0 Å². The first kappa shape index (κ1) is 13.9. The number of rotatable bonds is 3. The van der Waals surface area contributed by atoms with E-state index in [4.69, 9.17) is 4.74 Å². The van der Waals surface area contributed by atoms with Crippen LogP contribution >= 0.6 is 0 Å². The zero-order chi connectivity index (χ0) is 14.7. The average molecular weight is 273 g/mol. The van der Waals surface area contributed by atoms with Gasteiger partial charge in [0, 0.05) is 0 Å². The number of hydrogen-bond donors (Lipinski definition) is 1. The molecule has 1 aromatic carbocycles. The number of esters is 1. The number of methoxy groups -OCH3 is 2. The van der Waals surface area contributed by atoms with Gasteiger partial charge in [-0.2, -0.15) is 0 Å². The summed E-state index contributed by atoms with van der Waals surface area (Å²) < 4.78 is 9.69. The fourth-order valence-electron chi connectivity index (χ4n) is 1.89. The van der Waals surface area contributed by atoms with Crippen LogP contribution in [0.1, 0.15) is 12.5 Å². The number of benzene rings is 1. The lowest BCUT2D eigenvalue weighted by Gasteiger charge is -2.01. The van der Waals surface area contributed by atoms with Gasteiger partial charge in [-0.1, -0.05) is 12.1 Å². The first-order valence-electron chi connectivity index (χ1n) is 6.00. The predicted octanol–water partition coefficient (Wildman–Crippen LogP) is 2.50. The Kier molecular flexibility index (Phi) is 3.89. The smallest absolute Gasteiger partial charge is 0.343 e. The lowest BCUT2D eigenvalue weighted by molar-refractivity contribution is -0.135. The number of hydrogen-bond acceptors (Lipinski definition) is 5. The summed E-state index contributed by atoms with van der Waals surface area (Å²) in [6.45, 7) is 1.65. The molecule has 0 amide bonds. The maximum absolute atomic E-state index is 11.6. The van der Waals surface area contributed by atoms with E-state index < -0.39 is 5.97 Å². The highest BCUT2D eigenvalue weighted by atomic mass is 16.5. The van der Waals surface area contributed by atoms with Crippen molar-refractivity contribution in [2.45, 2.75) is 6.92 Å². The molecule has 0 aromatic heterocycles. The quantitative estimate of drug-likeness (QED) is 0.859. The minimum absolute atomic E-state index is 0.104. The fraction of sp³-hybridized carbons (Fsp3) is 0.200. The van der Waals surface area contributed by atoms with E-state index in [2.05, 4.69) is 9.73 Å². The van der Waals surface area contributed by atoms with Crippen molar-refractivity contribution in [1.29, 1.82) is 0 Å². The fourth-order valence-corrected chi connectivity index (χ4v) is 1.89. The highest BCUT2D eigenvalue weighted by Gasteiger charge is 2.27. The molecule has 0 radical (unpaired) electrons. The van der Waals surface area contributed by atoms with Crippen molar-refractivity contribution in [3.63, 3.8) is 0 Å². The summed E-state index contributed by atoms with van der Waals surface area (Å²) in [5.41, 5.74) is 1.73. The van der Waals surface area contributed by atoms with Gasteiger partial charge in [-0.15, -0.1) is 0 Å². The van der Waals surface area contributed by atoms with Gasteiger partial charge in [0.25, 0.3) is 0 Å². The van der Waals surface area contributed by atoms with Crippen LogP contribution in [0.3, 0.4) is 0 Å². The van der Waals surface area contributed by atoms with Gasteiger partial charge in [0.05, 0.1) is 19.9 Å². The molecule has 0 spiro atoms. The first-order valence-corrected chi connectivity index (χ1v) is 6.00. The maximum Gasteiger partial charge on any atom is 0.343 e. The van der Waals surface area contributed by atoms with Gasteiger partial charge in [0.2, 0.25) is 0 Å². The molecule has 0 saturated heterocycles. The van der Waals surface area contributed by atoms with Crippen molar-refractivity contribution in [3.05, 3.63) is 46.9 Å².